The third kappa shape index (κ3) is 6.66. The van der Waals surface area contributed by atoms with Gasteiger partial charge in [-0.1, -0.05) is 42.5 Å². The van der Waals surface area contributed by atoms with Crippen LogP contribution in [0.2, 0.25) is 0 Å². The van der Waals surface area contributed by atoms with Crippen LogP contribution >= 0.6 is 0 Å². The van der Waals surface area contributed by atoms with Gasteiger partial charge in [-0.2, -0.15) is 26.3 Å². The number of carbonyl (C=O) groups is 1. The summed E-state index contributed by atoms with van der Waals surface area (Å²) in [6.45, 7) is 1.73. The molecule has 1 aliphatic rings. The number of carbonyl (C=O) groups excluding carboxylic acids is 1. The first kappa shape index (κ1) is 27.5. The molecular weight excluding hydrogens is 510 g/mol. The summed E-state index contributed by atoms with van der Waals surface area (Å²) in [6, 6.07) is 16.8. The normalized spacial score (nSPS) is 16.9. The second-order valence-corrected chi connectivity index (χ2v) is 9.22. The Labute approximate surface area is 216 Å². The van der Waals surface area contributed by atoms with Gasteiger partial charge in [-0.3, -0.25) is 9.69 Å². The third-order valence-corrected chi connectivity index (χ3v) is 6.55. The molecule has 202 valence electrons. The van der Waals surface area contributed by atoms with Gasteiger partial charge in [0.2, 0.25) is 0 Å². The van der Waals surface area contributed by atoms with Gasteiger partial charge in [0.1, 0.15) is 5.75 Å². The van der Waals surface area contributed by atoms with E-state index in [1.807, 2.05) is 30.3 Å². The van der Waals surface area contributed by atoms with E-state index in [0.717, 1.165) is 29.8 Å². The van der Waals surface area contributed by atoms with Crippen LogP contribution in [0.4, 0.5) is 26.3 Å². The molecular formula is C28H26F6N2O2. The predicted molar refractivity (Wildman–Crippen MR) is 130 cm³/mol. The fourth-order valence-electron chi connectivity index (χ4n) is 4.62. The van der Waals surface area contributed by atoms with Crippen molar-refractivity contribution in [2.24, 2.45) is 0 Å². The fourth-order valence-corrected chi connectivity index (χ4v) is 4.62. The summed E-state index contributed by atoms with van der Waals surface area (Å²) in [5.41, 5.74) is -0.292. The molecule has 38 heavy (non-hydrogen) atoms. The topological polar surface area (TPSA) is 32.8 Å². The summed E-state index contributed by atoms with van der Waals surface area (Å²) in [7, 11) is 1.22. The summed E-state index contributed by atoms with van der Waals surface area (Å²) in [5, 5.41) is 0. The molecule has 1 aliphatic heterocycles. The summed E-state index contributed by atoms with van der Waals surface area (Å²) in [5.74, 6) is -0.684. The lowest BCUT2D eigenvalue weighted by atomic mass is 9.99. The molecule has 0 bridgehead atoms. The molecule has 3 aromatic rings. The maximum Gasteiger partial charge on any atom is 0.416 e. The molecule has 4 nitrogen and oxygen atoms in total. The molecule has 0 unspecified atom stereocenters. The van der Waals surface area contributed by atoms with Gasteiger partial charge >= 0.3 is 12.4 Å². The predicted octanol–water partition coefficient (Wildman–Crippen LogP) is 6.30. The van der Waals surface area contributed by atoms with Gasteiger partial charge in [0.05, 0.1) is 18.2 Å². The van der Waals surface area contributed by atoms with E-state index in [9.17, 15) is 31.1 Å². The number of methoxy groups -OCH3 is 1. The van der Waals surface area contributed by atoms with E-state index in [2.05, 4.69) is 4.90 Å². The van der Waals surface area contributed by atoms with Crippen LogP contribution in [0.5, 0.6) is 5.75 Å². The zero-order chi connectivity index (χ0) is 27.5. The first-order valence-corrected chi connectivity index (χ1v) is 11.9. The van der Waals surface area contributed by atoms with Crippen molar-refractivity contribution in [3.8, 4) is 5.75 Å². The van der Waals surface area contributed by atoms with Crippen molar-refractivity contribution in [1.29, 1.82) is 0 Å². The molecule has 0 N–H and O–H groups in total. The third-order valence-electron chi connectivity index (χ3n) is 6.55. The summed E-state index contributed by atoms with van der Waals surface area (Å²) in [4.78, 5) is 17.2. The van der Waals surface area contributed by atoms with Crippen molar-refractivity contribution in [2.45, 2.75) is 31.4 Å². The van der Waals surface area contributed by atoms with Gasteiger partial charge in [0.15, 0.2) is 0 Å². The highest BCUT2D eigenvalue weighted by Gasteiger charge is 2.35. The van der Waals surface area contributed by atoms with Crippen LogP contribution in [0.1, 0.15) is 32.6 Å². The van der Waals surface area contributed by atoms with Crippen LogP contribution in [0.25, 0.3) is 0 Å². The van der Waals surface area contributed by atoms with Gasteiger partial charge in [0, 0.05) is 37.8 Å². The lowest BCUT2D eigenvalue weighted by Gasteiger charge is -2.42. The molecule has 0 radical (unpaired) electrons. The van der Waals surface area contributed by atoms with Crippen molar-refractivity contribution >= 4 is 5.91 Å². The molecule has 0 saturated carbocycles. The van der Waals surface area contributed by atoms with Gasteiger partial charge in [-0.25, -0.2) is 0 Å². The smallest absolute Gasteiger partial charge is 0.416 e. The van der Waals surface area contributed by atoms with Gasteiger partial charge in [0.25, 0.3) is 5.91 Å². The Morgan fingerprint density at radius 1 is 0.842 bits per heavy atom. The van der Waals surface area contributed by atoms with E-state index >= 15 is 0 Å². The highest BCUT2D eigenvalue weighted by atomic mass is 19.4. The molecule has 0 spiro atoms. The maximum absolute atomic E-state index is 13.5. The van der Waals surface area contributed by atoms with Crippen molar-refractivity contribution in [1.82, 2.24) is 9.80 Å². The quantitative estimate of drug-likeness (QED) is 0.347. The van der Waals surface area contributed by atoms with E-state index in [1.54, 1.807) is 0 Å². The van der Waals surface area contributed by atoms with E-state index < -0.39 is 35.4 Å². The number of amides is 1. The number of piperazine rings is 1. The van der Waals surface area contributed by atoms with Gasteiger partial charge < -0.3 is 9.64 Å². The van der Waals surface area contributed by atoms with E-state index in [0.29, 0.717) is 25.2 Å². The van der Waals surface area contributed by atoms with Crippen LogP contribution in [0.15, 0.2) is 72.8 Å². The fraction of sp³-hybridized carbons (Fsp3) is 0.321. The van der Waals surface area contributed by atoms with Crippen LogP contribution in [-0.4, -0.2) is 48.5 Å². The van der Waals surface area contributed by atoms with Gasteiger partial charge in [-0.05, 0) is 47.9 Å². The van der Waals surface area contributed by atoms with Crippen LogP contribution in [0, 0.1) is 0 Å². The Balaban J connectivity index is 1.62. The lowest BCUT2D eigenvalue weighted by Crippen LogP contribution is -2.55. The Morgan fingerprint density at radius 3 is 2.11 bits per heavy atom. The maximum atomic E-state index is 13.5. The van der Waals surface area contributed by atoms with Crippen molar-refractivity contribution < 1.29 is 35.9 Å². The number of halogens is 6. The molecule has 0 aliphatic carbocycles. The SMILES string of the molecule is COc1cc(C(=O)N2CCN(Cc3ccccc3)C[C@H]2Cc2ccc(C(F)(F)F)cc2)cc(C(F)(F)F)c1. The first-order chi connectivity index (χ1) is 17.9. The van der Waals surface area contributed by atoms with Crippen LogP contribution < -0.4 is 4.74 Å². The molecule has 1 atom stereocenters. The highest BCUT2D eigenvalue weighted by molar-refractivity contribution is 5.95. The van der Waals surface area contributed by atoms with Gasteiger partial charge in [-0.15, -0.1) is 0 Å². The Bertz CT molecular complexity index is 1240. The minimum atomic E-state index is -4.67. The highest BCUT2D eigenvalue weighted by Crippen LogP contribution is 2.34. The molecule has 0 aromatic heterocycles. The second-order valence-electron chi connectivity index (χ2n) is 9.22. The average Bonchev–Trinajstić information content (AvgIpc) is 2.88. The number of ether oxygens (including phenoxy) is 1. The minimum Gasteiger partial charge on any atom is -0.497 e. The Kier molecular flexibility index (Phi) is 8.01. The summed E-state index contributed by atoms with van der Waals surface area (Å²) < 4.78 is 84.4. The van der Waals surface area contributed by atoms with Crippen molar-refractivity contribution in [2.75, 3.05) is 26.7 Å². The number of nitrogens with zero attached hydrogens (tertiary/aromatic N) is 2. The molecule has 10 heteroatoms. The molecule has 3 aromatic carbocycles. The zero-order valence-electron chi connectivity index (χ0n) is 20.5. The summed E-state index contributed by atoms with van der Waals surface area (Å²) >= 11 is 0. The summed E-state index contributed by atoms with van der Waals surface area (Å²) in [6.07, 6.45) is -8.90. The lowest BCUT2D eigenvalue weighted by molar-refractivity contribution is -0.138. The Hall–Kier alpha value is -3.53. The Morgan fingerprint density at radius 2 is 1.50 bits per heavy atom. The van der Waals surface area contributed by atoms with Crippen molar-refractivity contribution in [3.05, 3.63) is 101 Å². The standard InChI is InChI=1S/C28H26F6N2O2/c1-38-25-15-21(14-23(16-25)28(32,33)34)26(37)36-12-11-35(17-20-5-3-2-4-6-20)18-24(36)13-19-7-9-22(10-8-19)27(29,30)31/h2-10,14-16,24H,11-13,17-18H2,1H3/t24-/m1/s1. The van der Waals surface area contributed by atoms with E-state index in [-0.39, 0.29) is 24.3 Å². The number of alkyl halides is 6. The molecule has 4 rings (SSSR count). The second kappa shape index (κ2) is 11.1. The number of benzene rings is 3. The van der Waals surface area contributed by atoms with Crippen molar-refractivity contribution in [3.63, 3.8) is 0 Å². The molecule has 1 saturated heterocycles. The zero-order valence-corrected chi connectivity index (χ0v) is 20.5. The number of hydrogen-bond acceptors (Lipinski definition) is 3. The van der Waals surface area contributed by atoms with E-state index in [1.165, 1.54) is 30.2 Å². The molecule has 1 heterocycles. The largest absolute Gasteiger partial charge is 0.497 e. The average molecular weight is 537 g/mol. The number of rotatable bonds is 6. The van der Waals surface area contributed by atoms with E-state index in [4.69, 9.17) is 4.74 Å². The van der Waals surface area contributed by atoms with Crippen LogP contribution in [-0.2, 0) is 25.3 Å². The minimum absolute atomic E-state index is 0.0924. The molecule has 1 amide bonds. The van der Waals surface area contributed by atoms with Crippen LogP contribution in [0.3, 0.4) is 0 Å². The number of hydrogen-bond donors (Lipinski definition) is 0. The first-order valence-electron chi connectivity index (χ1n) is 11.9. The monoisotopic (exact) mass is 536 g/mol. The molecule has 1 fully saturated rings.